The van der Waals surface area contributed by atoms with E-state index in [4.69, 9.17) is 10.5 Å². The third-order valence-electron chi connectivity index (χ3n) is 2.96. The molecule has 2 N–H and O–H groups in total. The van der Waals surface area contributed by atoms with Gasteiger partial charge >= 0.3 is 5.97 Å². The number of carbonyl (C=O) groups is 1. The number of ether oxygens (including phenoxy) is 1. The Labute approximate surface area is 124 Å². The summed E-state index contributed by atoms with van der Waals surface area (Å²) in [6.45, 7) is 0.0147. The topological polar surface area (TPSA) is 93.4 Å². The molecule has 3 aromatic heterocycles. The van der Waals surface area contributed by atoms with Crippen molar-refractivity contribution in [2.45, 2.75) is 6.61 Å². The molecular formula is C14H10N4O2S. The summed E-state index contributed by atoms with van der Waals surface area (Å²) in [5.41, 5.74) is 7.59. The molecule has 0 radical (unpaired) electrons. The average Bonchev–Trinajstić information content (AvgIpc) is 3.07. The number of esters is 1. The Morgan fingerprint density at radius 1 is 1.52 bits per heavy atom. The predicted octanol–water partition coefficient (Wildman–Crippen LogP) is 2.21. The lowest BCUT2D eigenvalue weighted by Gasteiger charge is -2.01. The summed E-state index contributed by atoms with van der Waals surface area (Å²) in [7, 11) is 0. The number of pyridine rings is 1. The predicted molar refractivity (Wildman–Crippen MR) is 77.8 cm³/mol. The molecule has 0 aromatic carbocycles. The lowest BCUT2D eigenvalue weighted by molar-refractivity contribution is 0.0466. The van der Waals surface area contributed by atoms with Crippen LogP contribution in [0.25, 0.3) is 5.52 Å². The number of rotatable bonds is 3. The van der Waals surface area contributed by atoms with Crippen molar-refractivity contribution in [1.29, 1.82) is 5.26 Å². The largest absolute Gasteiger partial charge is 0.456 e. The summed E-state index contributed by atoms with van der Waals surface area (Å²) >= 11 is 1.18. The highest BCUT2D eigenvalue weighted by atomic mass is 32.1. The van der Waals surface area contributed by atoms with E-state index < -0.39 is 5.97 Å². The van der Waals surface area contributed by atoms with Crippen molar-refractivity contribution < 1.29 is 9.53 Å². The van der Waals surface area contributed by atoms with E-state index in [0.29, 0.717) is 16.3 Å². The number of thiazole rings is 1. The summed E-state index contributed by atoms with van der Waals surface area (Å²) < 4.78 is 7.01. The van der Waals surface area contributed by atoms with Crippen LogP contribution in [0.3, 0.4) is 0 Å². The Morgan fingerprint density at radius 3 is 3.10 bits per heavy atom. The molecule has 104 valence electrons. The van der Waals surface area contributed by atoms with Crippen molar-refractivity contribution in [2.75, 3.05) is 5.73 Å². The monoisotopic (exact) mass is 298 g/mol. The quantitative estimate of drug-likeness (QED) is 0.748. The van der Waals surface area contributed by atoms with Gasteiger partial charge in [0.1, 0.15) is 12.7 Å². The summed E-state index contributed by atoms with van der Waals surface area (Å²) in [6, 6.07) is 7.69. The number of hydrogen-bond donors (Lipinski definition) is 1. The molecule has 7 heteroatoms. The summed E-state index contributed by atoms with van der Waals surface area (Å²) in [5.74, 6) is -0.554. The number of anilines is 1. The van der Waals surface area contributed by atoms with Gasteiger partial charge in [0, 0.05) is 23.3 Å². The first kappa shape index (κ1) is 13.1. The Bertz CT molecular complexity index is 859. The molecule has 0 aliphatic carbocycles. The van der Waals surface area contributed by atoms with Gasteiger partial charge in [0.15, 0.2) is 10.8 Å². The summed E-state index contributed by atoms with van der Waals surface area (Å²) in [4.78, 5) is 15.7. The van der Waals surface area contributed by atoms with Crippen LogP contribution >= 0.6 is 11.3 Å². The van der Waals surface area contributed by atoms with Crippen molar-refractivity contribution in [2.24, 2.45) is 0 Å². The first-order valence-electron chi connectivity index (χ1n) is 6.06. The maximum absolute atomic E-state index is 11.8. The van der Waals surface area contributed by atoms with Crippen molar-refractivity contribution in [3.63, 3.8) is 0 Å². The summed E-state index contributed by atoms with van der Waals surface area (Å²) in [5, 5.41) is 11.1. The Balaban J connectivity index is 1.82. The molecule has 0 aliphatic rings. The van der Waals surface area contributed by atoms with Gasteiger partial charge in [-0.25, -0.2) is 9.78 Å². The molecule has 0 atom stereocenters. The van der Waals surface area contributed by atoms with E-state index in [-0.39, 0.29) is 12.3 Å². The van der Waals surface area contributed by atoms with Crippen LogP contribution in [-0.4, -0.2) is 15.4 Å². The van der Waals surface area contributed by atoms with Crippen LogP contribution in [0.15, 0.2) is 36.0 Å². The average molecular weight is 298 g/mol. The number of nitrogens with zero attached hydrogens (tertiary/aromatic N) is 3. The molecule has 3 rings (SSSR count). The first-order chi connectivity index (χ1) is 10.2. The van der Waals surface area contributed by atoms with Gasteiger partial charge in [-0.2, -0.15) is 5.26 Å². The molecule has 3 heterocycles. The molecule has 0 aliphatic heterocycles. The van der Waals surface area contributed by atoms with Crippen molar-refractivity contribution >= 4 is 28.0 Å². The number of nitriles is 1. The first-order valence-corrected chi connectivity index (χ1v) is 6.94. The molecule has 3 aromatic rings. The van der Waals surface area contributed by atoms with Crippen LogP contribution < -0.4 is 5.73 Å². The number of fused-ring (bicyclic) bond motifs is 1. The lowest BCUT2D eigenvalue weighted by Crippen LogP contribution is -2.06. The molecule has 0 bridgehead atoms. The third-order valence-corrected chi connectivity index (χ3v) is 3.64. The zero-order chi connectivity index (χ0) is 14.8. The number of nitrogens with two attached hydrogens (primary N) is 1. The van der Waals surface area contributed by atoms with Gasteiger partial charge in [-0.05, 0) is 12.1 Å². The fourth-order valence-electron chi connectivity index (χ4n) is 2.01. The van der Waals surface area contributed by atoms with E-state index in [1.807, 2.05) is 28.8 Å². The molecule has 0 saturated carbocycles. The molecule has 6 nitrogen and oxygen atoms in total. The van der Waals surface area contributed by atoms with E-state index in [1.165, 1.54) is 11.3 Å². The summed E-state index contributed by atoms with van der Waals surface area (Å²) in [6.07, 6.45) is 3.61. The lowest BCUT2D eigenvalue weighted by atomic mass is 10.2. The van der Waals surface area contributed by atoms with E-state index in [1.54, 1.807) is 11.6 Å². The second-order valence-electron chi connectivity index (χ2n) is 4.28. The fourth-order valence-corrected chi connectivity index (χ4v) is 2.55. The molecule has 0 amide bonds. The van der Waals surface area contributed by atoms with Crippen molar-refractivity contribution in [3.05, 3.63) is 52.8 Å². The molecular weight excluding hydrogens is 288 g/mol. The zero-order valence-electron chi connectivity index (χ0n) is 10.8. The fraction of sp³-hybridized carbons (Fsp3) is 0.0714. The van der Waals surface area contributed by atoms with Crippen LogP contribution in [0.5, 0.6) is 0 Å². The van der Waals surface area contributed by atoms with Gasteiger partial charge in [-0.15, -0.1) is 11.3 Å². The number of aromatic nitrogens is 2. The van der Waals surface area contributed by atoms with Crippen LogP contribution in [0.2, 0.25) is 0 Å². The van der Waals surface area contributed by atoms with Crippen molar-refractivity contribution in [3.8, 4) is 6.07 Å². The molecule has 0 fully saturated rings. The second-order valence-corrected chi connectivity index (χ2v) is 5.17. The second kappa shape index (κ2) is 5.26. The molecule has 0 unspecified atom stereocenters. The number of carbonyl (C=O) groups excluding carboxylic acids is 1. The third kappa shape index (κ3) is 2.44. The van der Waals surface area contributed by atoms with Crippen LogP contribution in [0.4, 0.5) is 5.13 Å². The highest BCUT2D eigenvalue weighted by Gasteiger charge is 2.15. The SMILES string of the molecule is N#Cc1c(COC(=O)c2csc(N)n2)cn2ccccc12. The normalized spacial score (nSPS) is 10.4. The highest BCUT2D eigenvalue weighted by molar-refractivity contribution is 7.13. The van der Waals surface area contributed by atoms with E-state index in [2.05, 4.69) is 11.1 Å². The van der Waals surface area contributed by atoms with Crippen LogP contribution in [0.1, 0.15) is 21.6 Å². The maximum atomic E-state index is 11.8. The smallest absolute Gasteiger partial charge is 0.358 e. The minimum absolute atomic E-state index is 0.0147. The number of nitrogen functional groups attached to an aromatic ring is 1. The van der Waals surface area contributed by atoms with E-state index in [0.717, 1.165) is 5.52 Å². The zero-order valence-corrected chi connectivity index (χ0v) is 11.6. The van der Waals surface area contributed by atoms with Gasteiger partial charge < -0.3 is 14.9 Å². The minimum Gasteiger partial charge on any atom is -0.456 e. The van der Waals surface area contributed by atoms with E-state index >= 15 is 0 Å². The van der Waals surface area contributed by atoms with Gasteiger partial charge in [0.2, 0.25) is 0 Å². The Kier molecular flexibility index (Phi) is 3.30. The van der Waals surface area contributed by atoms with Gasteiger partial charge in [0.05, 0.1) is 11.1 Å². The number of hydrogen-bond acceptors (Lipinski definition) is 6. The maximum Gasteiger partial charge on any atom is 0.358 e. The van der Waals surface area contributed by atoms with E-state index in [9.17, 15) is 10.1 Å². The van der Waals surface area contributed by atoms with Crippen LogP contribution in [0, 0.1) is 11.3 Å². The molecule has 0 spiro atoms. The van der Waals surface area contributed by atoms with Crippen molar-refractivity contribution in [1.82, 2.24) is 9.38 Å². The molecule has 0 saturated heterocycles. The standard InChI is InChI=1S/C14H10N4O2S/c15-5-10-9(6-18-4-2-1-3-12(10)18)7-20-13(19)11-8-21-14(16)17-11/h1-4,6,8H,7H2,(H2,16,17). The molecule has 21 heavy (non-hydrogen) atoms. The van der Waals surface area contributed by atoms with Gasteiger partial charge in [-0.3, -0.25) is 0 Å². The Morgan fingerprint density at radius 2 is 2.38 bits per heavy atom. The minimum atomic E-state index is -0.554. The van der Waals surface area contributed by atoms with Gasteiger partial charge in [-0.1, -0.05) is 6.07 Å². The highest BCUT2D eigenvalue weighted by Crippen LogP contribution is 2.19. The van der Waals surface area contributed by atoms with Crippen LogP contribution in [-0.2, 0) is 11.3 Å². The van der Waals surface area contributed by atoms with Gasteiger partial charge in [0.25, 0.3) is 0 Å². The Hall–Kier alpha value is -2.85.